The van der Waals surface area contributed by atoms with Crippen LogP contribution in [0.2, 0.25) is 0 Å². The Kier molecular flexibility index (Phi) is 2.89. The van der Waals surface area contributed by atoms with E-state index in [1.807, 2.05) is 12.1 Å². The molecule has 0 aliphatic carbocycles. The lowest BCUT2D eigenvalue weighted by Gasteiger charge is -2.06. The molecule has 0 aliphatic heterocycles. The predicted molar refractivity (Wildman–Crippen MR) is 54.7 cm³/mol. The van der Waals surface area contributed by atoms with Gasteiger partial charge in [-0.05, 0) is 23.8 Å². The highest BCUT2D eigenvalue weighted by molar-refractivity contribution is 9.10. The van der Waals surface area contributed by atoms with Crippen LogP contribution in [0.25, 0.3) is 5.57 Å². The molecule has 0 atom stereocenters. The van der Waals surface area contributed by atoms with Gasteiger partial charge in [-0.2, -0.15) is 0 Å². The van der Waals surface area contributed by atoms with Crippen molar-refractivity contribution >= 4 is 27.2 Å². The molecule has 0 aromatic heterocycles. The van der Waals surface area contributed by atoms with E-state index in [2.05, 4.69) is 22.5 Å². The zero-order valence-corrected chi connectivity index (χ0v) is 8.13. The van der Waals surface area contributed by atoms with Gasteiger partial charge < -0.3 is 10.8 Å². The number of aliphatic hydroxyl groups is 1. The first kappa shape index (κ1) is 9.29. The number of rotatable bonds is 2. The second-order valence-electron chi connectivity index (χ2n) is 2.49. The van der Waals surface area contributed by atoms with Gasteiger partial charge in [0.15, 0.2) is 0 Å². The Balaban J connectivity index is 3.13. The van der Waals surface area contributed by atoms with E-state index in [1.54, 1.807) is 6.07 Å². The fourth-order valence-electron chi connectivity index (χ4n) is 0.920. The van der Waals surface area contributed by atoms with Crippen LogP contribution in [0.5, 0.6) is 0 Å². The SMILES string of the molecule is C=C(CO)c1cc(Br)ccc1N. The summed E-state index contributed by atoms with van der Waals surface area (Å²) in [5, 5.41) is 8.83. The minimum atomic E-state index is -0.0688. The summed E-state index contributed by atoms with van der Waals surface area (Å²) >= 11 is 3.32. The average molecular weight is 228 g/mol. The minimum Gasteiger partial charge on any atom is -0.398 e. The summed E-state index contributed by atoms with van der Waals surface area (Å²) in [6, 6.07) is 5.47. The van der Waals surface area contributed by atoms with Gasteiger partial charge >= 0.3 is 0 Å². The lowest BCUT2D eigenvalue weighted by Crippen LogP contribution is -1.95. The lowest BCUT2D eigenvalue weighted by atomic mass is 10.1. The maximum absolute atomic E-state index is 8.83. The van der Waals surface area contributed by atoms with Crippen molar-refractivity contribution in [3.05, 3.63) is 34.8 Å². The van der Waals surface area contributed by atoms with Crippen LogP contribution in [0.15, 0.2) is 29.3 Å². The molecule has 2 nitrogen and oxygen atoms in total. The minimum absolute atomic E-state index is 0.0688. The Morgan fingerprint density at radius 1 is 1.58 bits per heavy atom. The highest BCUT2D eigenvalue weighted by Crippen LogP contribution is 2.23. The van der Waals surface area contributed by atoms with Gasteiger partial charge in [0.2, 0.25) is 0 Å². The second kappa shape index (κ2) is 3.74. The molecule has 0 radical (unpaired) electrons. The van der Waals surface area contributed by atoms with Gasteiger partial charge in [0, 0.05) is 15.7 Å². The number of hydrogen-bond donors (Lipinski definition) is 2. The van der Waals surface area contributed by atoms with Crippen molar-refractivity contribution in [1.29, 1.82) is 0 Å². The van der Waals surface area contributed by atoms with Crippen LogP contribution < -0.4 is 5.73 Å². The number of benzene rings is 1. The van der Waals surface area contributed by atoms with E-state index in [-0.39, 0.29) is 6.61 Å². The molecule has 3 N–H and O–H groups in total. The molecule has 3 heteroatoms. The average Bonchev–Trinajstić information content (AvgIpc) is 2.08. The van der Waals surface area contributed by atoms with Crippen LogP contribution in [-0.4, -0.2) is 11.7 Å². The summed E-state index contributed by atoms with van der Waals surface area (Å²) in [6.45, 7) is 3.63. The number of anilines is 1. The predicted octanol–water partition coefficient (Wildman–Crippen LogP) is 2.04. The summed E-state index contributed by atoms with van der Waals surface area (Å²) in [4.78, 5) is 0. The fraction of sp³-hybridized carbons (Fsp3) is 0.111. The quantitative estimate of drug-likeness (QED) is 0.761. The van der Waals surface area contributed by atoms with Gasteiger partial charge in [-0.15, -0.1) is 0 Å². The summed E-state index contributed by atoms with van der Waals surface area (Å²) in [5.41, 5.74) is 7.74. The summed E-state index contributed by atoms with van der Waals surface area (Å²) in [6.07, 6.45) is 0. The summed E-state index contributed by atoms with van der Waals surface area (Å²) in [7, 11) is 0. The van der Waals surface area contributed by atoms with E-state index in [1.165, 1.54) is 0 Å². The van der Waals surface area contributed by atoms with E-state index < -0.39 is 0 Å². The van der Waals surface area contributed by atoms with E-state index in [0.717, 1.165) is 10.0 Å². The van der Waals surface area contributed by atoms with Crippen LogP contribution in [0.1, 0.15) is 5.56 Å². The Morgan fingerprint density at radius 2 is 2.25 bits per heavy atom. The van der Waals surface area contributed by atoms with Crippen molar-refractivity contribution in [2.75, 3.05) is 12.3 Å². The second-order valence-corrected chi connectivity index (χ2v) is 3.41. The highest BCUT2D eigenvalue weighted by Gasteiger charge is 2.02. The van der Waals surface area contributed by atoms with E-state index in [4.69, 9.17) is 10.8 Å². The molecule has 0 saturated heterocycles. The molecule has 0 spiro atoms. The third kappa shape index (κ3) is 1.87. The normalized spacial score (nSPS) is 9.83. The molecule has 12 heavy (non-hydrogen) atoms. The van der Waals surface area contributed by atoms with Gasteiger partial charge in [-0.1, -0.05) is 22.5 Å². The van der Waals surface area contributed by atoms with Crippen molar-refractivity contribution in [1.82, 2.24) is 0 Å². The standard InChI is InChI=1S/C9H10BrNO/c1-6(5-12)8-4-7(10)2-3-9(8)11/h2-4,12H,1,5,11H2. The zero-order chi connectivity index (χ0) is 9.14. The van der Waals surface area contributed by atoms with Crippen molar-refractivity contribution in [3.8, 4) is 0 Å². The molecule has 0 fully saturated rings. The molecular weight excluding hydrogens is 218 g/mol. The maximum Gasteiger partial charge on any atom is 0.0682 e. The Labute approximate surface area is 79.8 Å². The van der Waals surface area contributed by atoms with Crippen molar-refractivity contribution in [2.24, 2.45) is 0 Å². The molecule has 0 bridgehead atoms. The monoisotopic (exact) mass is 227 g/mol. The molecule has 0 aliphatic rings. The van der Waals surface area contributed by atoms with Crippen LogP contribution in [0, 0.1) is 0 Å². The lowest BCUT2D eigenvalue weighted by molar-refractivity contribution is 0.350. The largest absolute Gasteiger partial charge is 0.398 e. The number of hydrogen-bond acceptors (Lipinski definition) is 2. The first-order chi connectivity index (χ1) is 5.65. The van der Waals surface area contributed by atoms with Crippen LogP contribution >= 0.6 is 15.9 Å². The molecule has 64 valence electrons. The van der Waals surface area contributed by atoms with Gasteiger partial charge in [-0.3, -0.25) is 0 Å². The van der Waals surface area contributed by atoms with Crippen LogP contribution in [-0.2, 0) is 0 Å². The molecule has 0 heterocycles. The van der Waals surface area contributed by atoms with Crippen molar-refractivity contribution in [2.45, 2.75) is 0 Å². The molecule has 0 unspecified atom stereocenters. The molecule has 0 saturated carbocycles. The molecule has 0 amide bonds. The molecule has 1 aromatic rings. The highest BCUT2D eigenvalue weighted by atomic mass is 79.9. The maximum atomic E-state index is 8.83. The Bertz CT molecular complexity index is 309. The first-order valence-electron chi connectivity index (χ1n) is 3.49. The first-order valence-corrected chi connectivity index (χ1v) is 4.28. The third-order valence-electron chi connectivity index (χ3n) is 1.59. The third-order valence-corrected chi connectivity index (χ3v) is 2.08. The van der Waals surface area contributed by atoms with Crippen LogP contribution in [0.4, 0.5) is 5.69 Å². The Morgan fingerprint density at radius 3 is 2.83 bits per heavy atom. The summed E-state index contributed by atoms with van der Waals surface area (Å²) < 4.78 is 0.932. The fourth-order valence-corrected chi connectivity index (χ4v) is 1.28. The van der Waals surface area contributed by atoms with Crippen LogP contribution in [0.3, 0.4) is 0 Å². The number of nitrogen functional groups attached to an aromatic ring is 1. The Hall–Kier alpha value is -0.800. The summed E-state index contributed by atoms with van der Waals surface area (Å²) in [5.74, 6) is 0. The van der Waals surface area contributed by atoms with E-state index in [0.29, 0.717) is 11.3 Å². The smallest absolute Gasteiger partial charge is 0.0682 e. The number of nitrogens with two attached hydrogens (primary N) is 1. The van der Waals surface area contributed by atoms with Gasteiger partial charge in [0.1, 0.15) is 0 Å². The van der Waals surface area contributed by atoms with Crippen molar-refractivity contribution in [3.63, 3.8) is 0 Å². The van der Waals surface area contributed by atoms with E-state index in [9.17, 15) is 0 Å². The molecule has 1 rings (SSSR count). The van der Waals surface area contributed by atoms with Gasteiger partial charge in [-0.25, -0.2) is 0 Å². The zero-order valence-electron chi connectivity index (χ0n) is 6.55. The van der Waals surface area contributed by atoms with E-state index >= 15 is 0 Å². The van der Waals surface area contributed by atoms with Gasteiger partial charge in [0.05, 0.1) is 6.61 Å². The molecular formula is C9H10BrNO. The number of aliphatic hydroxyl groups excluding tert-OH is 1. The number of halogens is 1. The van der Waals surface area contributed by atoms with Crippen molar-refractivity contribution < 1.29 is 5.11 Å². The van der Waals surface area contributed by atoms with Gasteiger partial charge in [0.25, 0.3) is 0 Å². The topological polar surface area (TPSA) is 46.2 Å². The molecule has 1 aromatic carbocycles.